The highest BCUT2D eigenvalue weighted by atomic mass is 19.3. The van der Waals surface area contributed by atoms with Gasteiger partial charge in [-0.1, -0.05) is 0 Å². The number of halogens is 2. The lowest BCUT2D eigenvalue weighted by Crippen LogP contribution is -2.09. The summed E-state index contributed by atoms with van der Waals surface area (Å²) >= 11 is 0. The molecule has 0 spiro atoms. The summed E-state index contributed by atoms with van der Waals surface area (Å²) in [5, 5.41) is 17.9. The lowest BCUT2D eigenvalue weighted by Gasteiger charge is -2.07. The predicted octanol–water partition coefficient (Wildman–Crippen LogP) is 1.77. The molecule has 1 aromatic rings. The summed E-state index contributed by atoms with van der Waals surface area (Å²) in [6.45, 7) is 1.59. The topological polar surface area (TPSA) is 83.2 Å². The number of pyridine rings is 1. The molecule has 0 aliphatic rings. The summed E-state index contributed by atoms with van der Waals surface area (Å²) in [6.07, 6.45) is -3.02. The maximum absolute atomic E-state index is 12.5. The van der Waals surface area contributed by atoms with E-state index in [1.807, 2.05) is 0 Å². The molecule has 0 aliphatic heterocycles. The Labute approximate surface area is 95.3 Å². The second kappa shape index (κ2) is 5.21. The zero-order valence-electron chi connectivity index (χ0n) is 8.78. The van der Waals surface area contributed by atoms with Crippen molar-refractivity contribution >= 4 is 5.97 Å². The molecule has 1 heterocycles. The van der Waals surface area contributed by atoms with Gasteiger partial charge in [-0.05, 0) is 13.0 Å². The SMILES string of the molecule is CCOC(=O)c1cc(C(F)F)c(O)c(C#N)n1. The van der Waals surface area contributed by atoms with Gasteiger partial charge >= 0.3 is 5.97 Å². The molecule has 0 unspecified atom stereocenters. The Kier molecular flexibility index (Phi) is 3.93. The molecule has 0 atom stereocenters. The first-order valence-corrected chi connectivity index (χ1v) is 4.60. The molecule has 0 aromatic carbocycles. The Balaban J connectivity index is 3.31. The first kappa shape index (κ1) is 12.8. The zero-order valence-corrected chi connectivity index (χ0v) is 8.78. The fourth-order valence-corrected chi connectivity index (χ4v) is 1.11. The number of hydrogen-bond acceptors (Lipinski definition) is 5. The average molecular weight is 242 g/mol. The minimum atomic E-state index is -3.02. The zero-order chi connectivity index (χ0) is 13.0. The van der Waals surface area contributed by atoms with Crippen LogP contribution >= 0.6 is 0 Å². The first-order chi connectivity index (χ1) is 8.01. The van der Waals surface area contributed by atoms with Crippen LogP contribution in [0, 0.1) is 11.3 Å². The van der Waals surface area contributed by atoms with Crippen LogP contribution < -0.4 is 0 Å². The van der Waals surface area contributed by atoms with Crippen LogP contribution in [0.15, 0.2) is 6.07 Å². The predicted molar refractivity (Wildman–Crippen MR) is 51.5 cm³/mol. The molecule has 1 N–H and O–H groups in total. The number of carbonyl (C=O) groups excluding carboxylic acids is 1. The van der Waals surface area contributed by atoms with Crippen molar-refractivity contribution in [2.75, 3.05) is 6.61 Å². The minimum absolute atomic E-state index is 0.0489. The number of aromatic hydroxyl groups is 1. The van der Waals surface area contributed by atoms with Gasteiger partial charge in [0.2, 0.25) is 0 Å². The highest BCUT2D eigenvalue weighted by Gasteiger charge is 2.21. The molecule has 90 valence electrons. The summed E-state index contributed by atoms with van der Waals surface area (Å²) < 4.78 is 29.6. The Morgan fingerprint density at radius 1 is 1.71 bits per heavy atom. The van der Waals surface area contributed by atoms with Crippen molar-refractivity contribution < 1.29 is 23.4 Å². The van der Waals surface area contributed by atoms with E-state index in [1.165, 1.54) is 13.0 Å². The van der Waals surface area contributed by atoms with Crippen LogP contribution in [0.1, 0.15) is 35.1 Å². The molecule has 0 saturated heterocycles. The maximum Gasteiger partial charge on any atom is 0.356 e. The molecule has 5 nitrogen and oxygen atoms in total. The average Bonchev–Trinajstić information content (AvgIpc) is 2.29. The first-order valence-electron chi connectivity index (χ1n) is 4.60. The quantitative estimate of drug-likeness (QED) is 0.816. The smallest absolute Gasteiger partial charge is 0.356 e. The van der Waals surface area contributed by atoms with Gasteiger partial charge in [-0.2, -0.15) is 5.26 Å². The third kappa shape index (κ3) is 2.66. The van der Waals surface area contributed by atoms with Crippen molar-refractivity contribution in [1.29, 1.82) is 5.26 Å². The molecule has 0 fully saturated rings. The fourth-order valence-electron chi connectivity index (χ4n) is 1.11. The van der Waals surface area contributed by atoms with Crippen LogP contribution in [0.5, 0.6) is 5.75 Å². The van der Waals surface area contributed by atoms with Crippen molar-refractivity contribution in [3.63, 3.8) is 0 Å². The van der Waals surface area contributed by atoms with Crippen LogP contribution in [-0.2, 0) is 4.74 Å². The molecule has 1 aromatic heterocycles. The summed E-state index contributed by atoms with van der Waals surface area (Å²) in [5.41, 5.74) is -1.89. The van der Waals surface area contributed by atoms with E-state index in [9.17, 15) is 18.7 Å². The molecular formula is C10H8F2N2O3. The molecule has 1 rings (SSSR count). The summed E-state index contributed by atoms with van der Waals surface area (Å²) in [4.78, 5) is 14.7. The second-order valence-electron chi connectivity index (χ2n) is 2.93. The van der Waals surface area contributed by atoms with Gasteiger partial charge in [0, 0.05) is 0 Å². The third-order valence-corrected chi connectivity index (χ3v) is 1.85. The normalized spacial score (nSPS) is 10.1. The number of carbonyl (C=O) groups is 1. The molecule has 17 heavy (non-hydrogen) atoms. The standard InChI is InChI=1S/C10H8F2N2O3/c1-2-17-10(16)6-3-5(9(11)12)8(15)7(4-13)14-6/h3,9,15H,2H2,1H3. The number of esters is 1. The Bertz CT molecular complexity index is 483. The van der Waals surface area contributed by atoms with Crippen molar-refractivity contribution in [3.8, 4) is 11.8 Å². The van der Waals surface area contributed by atoms with Gasteiger partial charge in [-0.3, -0.25) is 0 Å². The molecule has 0 radical (unpaired) electrons. The van der Waals surface area contributed by atoms with E-state index < -0.39 is 35.1 Å². The van der Waals surface area contributed by atoms with Gasteiger partial charge in [0.1, 0.15) is 6.07 Å². The van der Waals surface area contributed by atoms with Crippen molar-refractivity contribution in [2.45, 2.75) is 13.3 Å². The third-order valence-electron chi connectivity index (χ3n) is 1.85. The van der Waals surface area contributed by atoms with Gasteiger partial charge in [-0.25, -0.2) is 18.6 Å². The van der Waals surface area contributed by atoms with Crippen LogP contribution in [0.3, 0.4) is 0 Å². The second-order valence-corrected chi connectivity index (χ2v) is 2.93. The van der Waals surface area contributed by atoms with Crippen LogP contribution in [0.25, 0.3) is 0 Å². The highest BCUT2D eigenvalue weighted by molar-refractivity contribution is 5.88. The van der Waals surface area contributed by atoms with Gasteiger partial charge in [-0.15, -0.1) is 0 Å². The summed E-state index contributed by atoms with van der Waals surface area (Å²) in [5.74, 6) is -1.85. The van der Waals surface area contributed by atoms with Gasteiger partial charge in [0.05, 0.1) is 12.2 Å². The summed E-state index contributed by atoms with van der Waals surface area (Å²) in [7, 11) is 0. The fraction of sp³-hybridized carbons (Fsp3) is 0.300. The molecular weight excluding hydrogens is 234 g/mol. The van der Waals surface area contributed by atoms with E-state index in [1.54, 1.807) is 0 Å². The van der Waals surface area contributed by atoms with Gasteiger partial charge in [0.15, 0.2) is 17.1 Å². The Morgan fingerprint density at radius 3 is 2.82 bits per heavy atom. The highest BCUT2D eigenvalue weighted by Crippen LogP contribution is 2.30. The van der Waals surface area contributed by atoms with E-state index in [0.29, 0.717) is 6.07 Å². The largest absolute Gasteiger partial charge is 0.505 e. The summed E-state index contributed by atoms with van der Waals surface area (Å²) in [6, 6.07) is 2.13. The molecule has 0 aliphatic carbocycles. The number of nitrogens with zero attached hydrogens (tertiary/aromatic N) is 2. The van der Waals surface area contributed by atoms with Crippen LogP contribution in [-0.4, -0.2) is 22.7 Å². The van der Waals surface area contributed by atoms with Crippen molar-refractivity contribution in [1.82, 2.24) is 4.98 Å². The monoisotopic (exact) mass is 242 g/mol. The van der Waals surface area contributed by atoms with E-state index in [-0.39, 0.29) is 6.61 Å². The molecule has 0 bridgehead atoms. The van der Waals surface area contributed by atoms with Crippen molar-refractivity contribution in [3.05, 3.63) is 23.0 Å². The van der Waals surface area contributed by atoms with E-state index in [0.717, 1.165) is 0 Å². The van der Waals surface area contributed by atoms with Gasteiger partial charge in [0.25, 0.3) is 6.43 Å². The molecule has 7 heteroatoms. The van der Waals surface area contributed by atoms with Gasteiger partial charge < -0.3 is 9.84 Å². The maximum atomic E-state index is 12.5. The lowest BCUT2D eigenvalue weighted by molar-refractivity contribution is 0.0518. The van der Waals surface area contributed by atoms with E-state index >= 15 is 0 Å². The molecule has 0 saturated carbocycles. The van der Waals surface area contributed by atoms with Crippen LogP contribution in [0.4, 0.5) is 8.78 Å². The molecule has 0 amide bonds. The number of rotatable bonds is 3. The number of nitriles is 1. The van der Waals surface area contributed by atoms with E-state index in [4.69, 9.17) is 5.26 Å². The Hall–Kier alpha value is -2.23. The minimum Gasteiger partial charge on any atom is -0.505 e. The number of aromatic nitrogens is 1. The van der Waals surface area contributed by atoms with Crippen LogP contribution in [0.2, 0.25) is 0 Å². The number of alkyl halides is 2. The Morgan fingerprint density at radius 2 is 2.35 bits per heavy atom. The van der Waals surface area contributed by atoms with E-state index in [2.05, 4.69) is 9.72 Å². The number of hydrogen-bond donors (Lipinski definition) is 1. The lowest BCUT2D eigenvalue weighted by atomic mass is 10.1. The van der Waals surface area contributed by atoms with Crippen molar-refractivity contribution in [2.24, 2.45) is 0 Å². The number of ether oxygens (including phenoxy) is 1.